The topological polar surface area (TPSA) is 96.7 Å². The molecule has 1 rings (SSSR count). The van der Waals surface area contributed by atoms with Crippen molar-refractivity contribution in [2.45, 2.75) is 6.42 Å². The van der Waals surface area contributed by atoms with Crippen LogP contribution in [0.1, 0.15) is 6.42 Å². The first-order valence-corrected chi connectivity index (χ1v) is 6.07. The Labute approximate surface area is 112 Å². The molecule has 2 N–H and O–H groups in total. The molecule has 0 aliphatic carbocycles. The highest BCUT2D eigenvalue weighted by molar-refractivity contribution is 5.97. The second-order valence-corrected chi connectivity index (χ2v) is 4.39. The van der Waals surface area contributed by atoms with E-state index >= 15 is 0 Å². The number of likely N-dealkylation sites (N-methyl/N-ethyl adjacent to an activating group) is 1. The summed E-state index contributed by atoms with van der Waals surface area (Å²) < 4.78 is 0. The fourth-order valence-electron chi connectivity index (χ4n) is 1.65. The van der Waals surface area contributed by atoms with Crippen LogP contribution in [0, 0.1) is 11.3 Å². The molecule has 0 bridgehead atoms. The van der Waals surface area contributed by atoms with Gasteiger partial charge in [-0.05, 0) is 7.05 Å². The summed E-state index contributed by atoms with van der Waals surface area (Å²) in [7, 11) is 2.02. The molecule has 7 nitrogen and oxygen atoms in total. The number of carbonyl (C=O) groups excluding carboxylic acids is 1. The first-order chi connectivity index (χ1) is 9.02. The maximum absolute atomic E-state index is 11.7. The first-order valence-electron chi connectivity index (χ1n) is 6.07. The summed E-state index contributed by atoms with van der Waals surface area (Å²) >= 11 is 0. The summed E-state index contributed by atoms with van der Waals surface area (Å²) in [5, 5.41) is 19.8. The third-order valence-electron chi connectivity index (χ3n) is 2.84. The fourth-order valence-corrected chi connectivity index (χ4v) is 1.65. The highest BCUT2D eigenvalue weighted by Crippen LogP contribution is 2.03. The van der Waals surface area contributed by atoms with E-state index < -0.39 is 11.9 Å². The molecule has 0 unspecified atom stereocenters. The molecule has 0 atom stereocenters. The largest absolute Gasteiger partial charge is 0.481 e. The monoisotopic (exact) mass is 266 g/mol. The predicted molar refractivity (Wildman–Crippen MR) is 68.0 cm³/mol. The van der Waals surface area contributed by atoms with E-state index in [1.165, 1.54) is 0 Å². The van der Waals surface area contributed by atoms with Crippen molar-refractivity contribution < 1.29 is 14.7 Å². The lowest BCUT2D eigenvalue weighted by Gasteiger charge is -2.31. The highest BCUT2D eigenvalue weighted by atomic mass is 16.4. The number of hydrogen-bond donors (Lipinski definition) is 2. The molecule has 1 aliphatic rings. The minimum Gasteiger partial charge on any atom is -0.481 e. The van der Waals surface area contributed by atoms with Crippen molar-refractivity contribution in [3.05, 3.63) is 11.8 Å². The van der Waals surface area contributed by atoms with Gasteiger partial charge in [0.1, 0.15) is 11.6 Å². The van der Waals surface area contributed by atoms with Gasteiger partial charge in [0.15, 0.2) is 0 Å². The molecular weight excluding hydrogens is 248 g/mol. The zero-order valence-corrected chi connectivity index (χ0v) is 10.9. The van der Waals surface area contributed by atoms with E-state index in [1.807, 2.05) is 18.0 Å². The number of carbonyl (C=O) groups is 2. The van der Waals surface area contributed by atoms with Crippen LogP contribution >= 0.6 is 0 Å². The minimum atomic E-state index is -0.984. The fraction of sp³-hybridized carbons (Fsp3) is 0.583. The molecule has 0 radical (unpaired) electrons. The maximum atomic E-state index is 11.7. The summed E-state index contributed by atoms with van der Waals surface area (Å²) in [4.78, 5) is 26.1. The van der Waals surface area contributed by atoms with E-state index in [4.69, 9.17) is 10.4 Å². The maximum Gasteiger partial charge on any atom is 0.305 e. The molecule has 1 heterocycles. The van der Waals surface area contributed by atoms with Crippen LogP contribution < -0.4 is 5.32 Å². The van der Waals surface area contributed by atoms with E-state index in [1.54, 1.807) is 6.20 Å². The number of rotatable bonds is 5. The number of nitriles is 1. The van der Waals surface area contributed by atoms with Gasteiger partial charge in [0.25, 0.3) is 5.91 Å². The number of amides is 1. The van der Waals surface area contributed by atoms with E-state index in [0.29, 0.717) is 0 Å². The summed E-state index contributed by atoms with van der Waals surface area (Å²) in [6, 6.07) is 1.84. The van der Waals surface area contributed by atoms with E-state index in [-0.39, 0.29) is 18.5 Å². The Bertz CT molecular complexity index is 406. The molecule has 7 heteroatoms. The molecular formula is C12H18N4O3. The Hall–Kier alpha value is -2.07. The van der Waals surface area contributed by atoms with Crippen molar-refractivity contribution in [3.8, 4) is 6.07 Å². The number of hydrogen-bond acceptors (Lipinski definition) is 5. The van der Waals surface area contributed by atoms with Crippen LogP contribution in [0.3, 0.4) is 0 Å². The molecule has 0 aromatic carbocycles. The summed E-state index contributed by atoms with van der Waals surface area (Å²) in [6.45, 7) is 3.33. The van der Waals surface area contributed by atoms with Crippen LogP contribution in [0.2, 0.25) is 0 Å². The summed E-state index contributed by atoms with van der Waals surface area (Å²) in [5.74, 6) is -1.51. The van der Waals surface area contributed by atoms with Gasteiger partial charge >= 0.3 is 5.97 Å². The Morgan fingerprint density at radius 3 is 2.53 bits per heavy atom. The zero-order valence-electron chi connectivity index (χ0n) is 10.9. The molecule has 1 aliphatic heterocycles. The third-order valence-corrected chi connectivity index (χ3v) is 2.84. The van der Waals surface area contributed by atoms with Gasteiger partial charge in [-0.25, -0.2) is 0 Å². The number of nitrogens with zero attached hydrogens (tertiary/aromatic N) is 3. The van der Waals surface area contributed by atoms with Gasteiger partial charge in [0.05, 0.1) is 6.42 Å². The van der Waals surface area contributed by atoms with E-state index in [2.05, 4.69) is 10.2 Å². The van der Waals surface area contributed by atoms with Crippen molar-refractivity contribution >= 4 is 11.9 Å². The zero-order chi connectivity index (χ0) is 14.3. The van der Waals surface area contributed by atoms with Crippen LogP contribution in [-0.4, -0.2) is 66.6 Å². The van der Waals surface area contributed by atoms with Crippen molar-refractivity contribution in [1.82, 2.24) is 15.1 Å². The molecule has 0 aromatic rings. The Morgan fingerprint density at radius 2 is 2.00 bits per heavy atom. The molecule has 1 amide bonds. The number of nitrogens with one attached hydrogen (secondary N) is 1. The predicted octanol–water partition coefficient (Wildman–Crippen LogP) is -0.768. The van der Waals surface area contributed by atoms with Crippen molar-refractivity contribution in [2.24, 2.45) is 0 Å². The molecule has 0 spiro atoms. The van der Waals surface area contributed by atoms with Gasteiger partial charge < -0.3 is 20.2 Å². The van der Waals surface area contributed by atoms with Crippen LogP contribution in [0.25, 0.3) is 0 Å². The van der Waals surface area contributed by atoms with Crippen LogP contribution in [0.4, 0.5) is 0 Å². The second-order valence-electron chi connectivity index (χ2n) is 4.39. The molecule has 19 heavy (non-hydrogen) atoms. The lowest BCUT2D eigenvalue weighted by atomic mass is 10.2. The molecule has 1 saturated heterocycles. The molecule has 104 valence electrons. The van der Waals surface area contributed by atoms with Gasteiger partial charge in [-0.2, -0.15) is 5.26 Å². The normalized spacial score (nSPS) is 16.8. The lowest BCUT2D eigenvalue weighted by Crippen LogP contribution is -2.42. The highest BCUT2D eigenvalue weighted by Gasteiger charge is 2.15. The van der Waals surface area contributed by atoms with Gasteiger partial charge in [-0.3, -0.25) is 9.59 Å². The van der Waals surface area contributed by atoms with E-state index in [0.717, 1.165) is 26.2 Å². The molecule has 0 saturated carbocycles. The Kier molecular flexibility index (Phi) is 5.82. The third kappa shape index (κ3) is 5.40. The minimum absolute atomic E-state index is 0.00921. The van der Waals surface area contributed by atoms with Gasteiger partial charge in [-0.15, -0.1) is 0 Å². The van der Waals surface area contributed by atoms with Crippen molar-refractivity contribution in [1.29, 1.82) is 5.26 Å². The molecule has 0 aromatic heterocycles. The van der Waals surface area contributed by atoms with Gasteiger partial charge in [0.2, 0.25) is 0 Å². The summed E-state index contributed by atoms with van der Waals surface area (Å²) in [6.07, 6.45) is 1.39. The number of carboxylic acids is 1. The number of aliphatic carboxylic acids is 1. The van der Waals surface area contributed by atoms with Crippen molar-refractivity contribution in [3.63, 3.8) is 0 Å². The Morgan fingerprint density at radius 1 is 1.37 bits per heavy atom. The van der Waals surface area contributed by atoms with Gasteiger partial charge in [0, 0.05) is 38.9 Å². The van der Waals surface area contributed by atoms with Gasteiger partial charge in [-0.1, -0.05) is 0 Å². The average molecular weight is 266 g/mol. The SMILES string of the molecule is CN1CCN(/C=C(/C#N)C(=O)NCCC(=O)O)CC1. The smallest absolute Gasteiger partial charge is 0.305 e. The molecule has 1 fully saturated rings. The first kappa shape index (κ1) is 15.0. The number of carboxylic acid groups (broad SMARTS) is 1. The average Bonchev–Trinajstić information content (AvgIpc) is 2.37. The Balaban J connectivity index is 2.49. The number of piperazine rings is 1. The second kappa shape index (κ2) is 7.38. The quantitative estimate of drug-likeness (QED) is 0.501. The summed E-state index contributed by atoms with van der Waals surface area (Å²) in [5.41, 5.74) is 0.00921. The van der Waals surface area contributed by atoms with Crippen LogP contribution in [0.15, 0.2) is 11.8 Å². The van der Waals surface area contributed by atoms with Crippen molar-refractivity contribution in [2.75, 3.05) is 39.8 Å². The van der Waals surface area contributed by atoms with Crippen LogP contribution in [0.5, 0.6) is 0 Å². The van der Waals surface area contributed by atoms with Crippen LogP contribution in [-0.2, 0) is 9.59 Å². The standard InChI is InChI=1S/C12H18N4O3/c1-15-4-6-16(7-5-15)9-10(8-13)12(19)14-3-2-11(17)18/h9H,2-7H2,1H3,(H,14,19)(H,17,18)/b10-9-. The lowest BCUT2D eigenvalue weighted by molar-refractivity contribution is -0.136. The van der Waals surface area contributed by atoms with E-state index in [9.17, 15) is 9.59 Å².